The first-order valence-electron chi connectivity index (χ1n) is 7.56. The van der Waals surface area contributed by atoms with Gasteiger partial charge in [-0.2, -0.15) is 0 Å². The number of fused-ring (bicyclic) bond motifs is 1. The number of aromatic nitrogens is 1. The summed E-state index contributed by atoms with van der Waals surface area (Å²) in [5.41, 5.74) is 3.86. The van der Waals surface area contributed by atoms with E-state index in [2.05, 4.69) is 47.7 Å². The Balaban J connectivity index is 1.89. The highest BCUT2D eigenvalue weighted by Gasteiger charge is 2.27. The molecule has 1 atom stereocenters. The summed E-state index contributed by atoms with van der Waals surface area (Å²) in [4.78, 5) is 13.3. The van der Waals surface area contributed by atoms with Crippen molar-refractivity contribution in [2.24, 2.45) is 7.05 Å². The maximum atomic E-state index is 11.0. The zero-order valence-corrected chi connectivity index (χ0v) is 12.7. The Morgan fingerprint density at radius 3 is 2.86 bits per heavy atom. The largest absolute Gasteiger partial charge is 0.481 e. The minimum absolute atomic E-state index is 0.180. The summed E-state index contributed by atoms with van der Waals surface area (Å²) in [5.74, 6) is -0.694. The fourth-order valence-corrected chi connectivity index (χ4v) is 3.59. The topological polar surface area (TPSA) is 45.5 Å². The van der Waals surface area contributed by atoms with Crippen LogP contribution in [0.1, 0.15) is 30.5 Å². The highest BCUT2D eigenvalue weighted by molar-refractivity contribution is 5.85. The molecule has 1 saturated heterocycles. The standard InChI is InChI=1S/C17H22N2O2/c1-12-14-7-3-4-8-15(14)18(2)16(12)11-19-9-5-6-13(19)10-17(20)21/h3-4,7-8,13H,5-6,9-11H2,1-2H3,(H,20,21). The number of carbonyl (C=O) groups is 1. The summed E-state index contributed by atoms with van der Waals surface area (Å²) in [6.07, 6.45) is 2.35. The Bertz CT molecular complexity index is 636. The number of rotatable bonds is 4. The molecule has 0 bridgehead atoms. The SMILES string of the molecule is Cc1c(CN2CCCC2CC(=O)O)n(C)c2ccccc12. The molecule has 4 heteroatoms. The molecule has 0 aliphatic carbocycles. The van der Waals surface area contributed by atoms with Gasteiger partial charge in [0.25, 0.3) is 0 Å². The normalized spacial score (nSPS) is 19.4. The monoisotopic (exact) mass is 286 g/mol. The number of aryl methyl sites for hydroxylation is 2. The van der Waals surface area contributed by atoms with E-state index in [4.69, 9.17) is 5.11 Å². The van der Waals surface area contributed by atoms with Gasteiger partial charge in [-0.3, -0.25) is 9.69 Å². The van der Waals surface area contributed by atoms with E-state index >= 15 is 0 Å². The van der Waals surface area contributed by atoms with Crippen molar-refractivity contribution >= 4 is 16.9 Å². The average Bonchev–Trinajstić information content (AvgIpc) is 2.98. The van der Waals surface area contributed by atoms with Gasteiger partial charge in [0, 0.05) is 36.2 Å². The van der Waals surface area contributed by atoms with E-state index in [-0.39, 0.29) is 12.5 Å². The number of carboxylic acid groups (broad SMARTS) is 1. The third-order valence-corrected chi connectivity index (χ3v) is 4.77. The van der Waals surface area contributed by atoms with Crippen LogP contribution in [0, 0.1) is 6.92 Å². The third-order valence-electron chi connectivity index (χ3n) is 4.77. The van der Waals surface area contributed by atoms with Crippen molar-refractivity contribution in [3.63, 3.8) is 0 Å². The highest BCUT2D eigenvalue weighted by atomic mass is 16.4. The van der Waals surface area contributed by atoms with E-state index in [1.54, 1.807) is 0 Å². The van der Waals surface area contributed by atoms with E-state index < -0.39 is 5.97 Å². The lowest BCUT2D eigenvalue weighted by Crippen LogP contribution is -2.31. The molecule has 112 valence electrons. The number of hydrogen-bond acceptors (Lipinski definition) is 2. The number of carboxylic acids is 1. The first kappa shape index (κ1) is 14.1. The molecular formula is C17H22N2O2. The lowest BCUT2D eigenvalue weighted by atomic mass is 10.1. The summed E-state index contributed by atoms with van der Waals surface area (Å²) in [6, 6.07) is 8.62. The summed E-state index contributed by atoms with van der Waals surface area (Å²) in [5, 5.41) is 10.3. The molecule has 1 fully saturated rings. The van der Waals surface area contributed by atoms with Crippen molar-refractivity contribution in [2.45, 2.75) is 38.8 Å². The number of benzene rings is 1. The van der Waals surface area contributed by atoms with Crippen LogP contribution in [-0.4, -0.2) is 33.1 Å². The Morgan fingerprint density at radius 1 is 1.38 bits per heavy atom. The molecule has 21 heavy (non-hydrogen) atoms. The highest BCUT2D eigenvalue weighted by Crippen LogP contribution is 2.28. The lowest BCUT2D eigenvalue weighted by molar-refractivity contribution is -0.138. The second-order valence-electron chi connectivity index (χ2n) is 6.01. The van der Waals surface area contributed by atoms with Gasteiger partial charge in [0.05, 0.1) is 6.42 Å². The van der Waals surface area contributed by atoms with Crippen molar-refractivity contribution in [2.75, 3.05) is 6.54 Å². The van der Waals surface area contributed by atoms with Crippen LogP contribution in [0.5, 0.6) is 0 Å². The smallest absolute Gasteiger partial charge is 0.304 e. The van der Waals surface area contributed by atoms with Gasteiger partial charge in [0.2, 0.25) is 0 Å². The fraction of sp³-hybridized carbons (Fsp3) is 0.471. The molecule has 1 aliphatic heterocycles. The minimum Gasteiger partial charge on any atom is -0.481 e. The number of aliphatic carboxylic acids is 1. The molecule has 0 saturated carbocycles. The number of likely N-dealkylation sites (tertiary alicyclic amines) is 1. The van der Waals surface area contributed by atoms with Crippen LogP contribution in [0.15, 0.2) is 24.3 Å². The van der Waals surface area contributed by atoms with Crippen LogP contribution < -0.4 is 0 Å². The van der Waals surface area contributed by atoms with Gasteiger partial charge in [0.15, 0.2) is 0 Å². The quantitative estimate of drug-likeness (QED) is 0.940. The van der Waals surface area contributed by atoms with Gasteiger partial charge in [-0.15, -0.1) is 0 Å². The molecule has 1 aromatic heterocycles. The van der Waals surface area contributed by atoms with E-state index in [0.717, 1.165) is 25.9 Å². The van der Waals surface area contributed by atoms with Crippen LogP contribution in [0.2, 0.25) is 0 Å². The summed E-state index contributed by atoms with van der Waals surface area (Å²) >= 11 is 0. The van der Waals surface area contributed by atoms with Crippen molar-refractivity contribution in [1.82, 2.24) is 9.47 Å². The second-order valence-corrected chi connectivity index (χ2v) is 6.01. The van der Waals surface area contributed by atoms with Crippen molar-refractivity contribution in [3.8, 4) is 0 Å². The Kier molecular flexibility index (Phi) is 3.72. The maximum absolute atomic E-state index is 11.0. The van der Waals surface area contributed by atoms with Gasteiger partial charge in [-0.05, 0) is 37.9 Å². The molecular weight excluding hydrogens is 264 g/mol. The van der Waals surface area contributed by atoms with Crippen molar-refractivity contribution in [1.29, 1.82) is 0 Å². The zero-order chi connectivity index (χ0) is 15.0. The van der Waals surface area contributed by atoms with Crippen molar-refractivity contribution < 1.29 is 9.90 Å². The molecule has 3 rings (SSSR count). The lowest BCUT2D eigenvalue weighted by Gasteiger charge is -2.24. The minimum atomic E-state index is -0.694. The van der Waals surface area contributed by atoms with Crippen LogP contribution in [0.3, 0.4) is 0 Å². The van der Waals surface area contributed by atoms with E-state index in [1.807, 2.05) is 0 Å². The Hall–Kier alpha value is -1.81. The average molecular weight is 286 g/mol. The fourth-order valence-electron chi connectivity index (χ4n) is 3.59. The number of para-hydroxylation sites is 1. The Labute approximate surface area is 125 Å². The molecule has 0 spiro atoms. The molecule has 0 radical (unpaired) electrons. The molecule has 1 N–H and O–H groups in total. The van der Waals surface area contributed by atoms with Crippen LogP contribution in [0.4, 0.5) is 0 Å². The summed E-state index contributed by atoms with van der Waals surface area (Å²) in [7, 11) is 2.10. The van der Waals surface area contributed by atoms with Crippen molar-refractivity contribution in [3.05, 3.63) is 35.5 Å². The van der Waals surface area contributed by atoms with E-state index in [0.29, 0.717) is 0 Å². The predicted octanol–water partition coefficient (Wildman–Crippen LogP) is 2.93. The number of hydrogen-bond donors (Lipinski definition) is 1. The maximum Gasteiger partial charge on any atom is 0.304 e. The third kappa shape index (κ3) is 2.56. The zero-order valence-electron chi connectivity index (χ0n) is 12.7. The molecule has 0 amide bonds. The van der Waals surface area contributed by atoms with Gasteiger partial charge >= 0.3 is 5.97 Å². The first-order valence-corrected chi connectivity index (χ1v) is 7.56. The van der Waals surface area contributed by atoms with E-state index in [9.17, 15) is 4.79 Å². The molecule has 1 aliphatic rings. The Morgan fingerprint density at radius 2 is 2.14 bits per heavy atom. The summed E-state index contributed by atoms with van der Waals surface area (Å²) in [6.45, 7) is 4.01. The van der Waals surface area contributed by atoms with Gasteiger partial charge in [-0.1, -0.05) is 18.2 Å². The van der Waals surface area contributed by atoms with Gasteiger partial charge in [-0.25, -0.2) is 0 Å². The van der Waals surface area contributed by atoms with Gasteiger partial charge < -0.3 is 9.67 Å². The molecule has 1 aromatic carbocycles. The first-order chi connectivity index (χ1) is 10.1. The molecule has 2 aromatic rings. The van der Waals surface area contributed by atoms with E-state index in [1.165, 1.54) is 22.2 Å². The summed E-state index contributed by atoms with van der Waals surface area (Å²) < 4.78 is 2.25. The predicted molar refractivity (Wildman–Crippen MR) is 83.3 cm³/mol. The van der Waals surface area contributed by atoms with Crippen LogP contribution >= 0.6 is 0 Å². The molecule has 2 heterocycles. The second kappa shape index (κ2) is 5.53. The van der Waals surface area contributed by atoms with Gasteiger partial charge in [0.1, 0.15) is 0 Å². The van der Waals surface area contributed by atoms with Crippen LogP contribution in [0.25, 0.3) is 10.9 Å². The number of nitrogens with zero attached hydrogens (tertiary/aromatic N) is 2. The molecule has 1 unspecified atom stereocenters. The van der Waals surface area contributed by atoms with Crippen LogP contribution in [-0.2, 0) is 18.4 Å². The molecule has 4 nitrogen and oxygen atoms in total.